The van der Waals surface area contributed by atoms with Gasteiger partial charge in [-0.25, -0.2) is 4.39 Å². The molecular formula is C17H24FNO2. The Kier molecular flexibility index (Phi) is 4.88. The molecule has 2 atom stereocenters. The molecule has 116 valence electrons. The van der Waals surface area contributed by atoms with Crippen LogP contribution in [0.15, 0.2) is 24.3 Å². The minimum atomic E-state index is -0.360. The summed E-state index contributed by atoms with van der Waals surface area (Å²) < 4.78 is 19.1. The minimum absolute atomic E-state index is 0.156. The lowest BCUT2D eigenvalue weighted by molar-refractivity contribution is -0.0273. The highest BCUT2D eigenvalue weighted by Crippen LogP contribution is 2.26. The van der Waals surface area contributed by atoms with E-state index < -0.39 is 0 Å². The summed E-state index contributed by atoms with van der Waals surface area (Å²) >= 11 is 0. The Morgan fingerprint density at radius 1 is 1.19 bits per heavy atom. The molecular weight excluding hydrogens is 269 g/mol. The summed E-state index contributed by atoms with van der Waals surface area (Å²) in [5, 5.41) is 10.4. The molecule has 0 amide bonds. The maximum Gasteiger partial charge on any atom is 0.126 e. The second-order valence-corrected chi connectivity index (χ2v) is 6.25. The maximum atomic E-state index is 13.7. The molecule has 2 fully saturated rings. The zero-order valence-electron chi connectivity index (χ0n) is 12.4. The first-order chi connectivity index (χ1) is 10.2. The zero-order chi connectivity index (χ0) is 14.7. The quantitative estimate of drug-likeness (QED) is 0.927. The summed E-state index contributed by atoms with van der Waals surface area (Å²) in [7, 11) is 0. The van der Waals surface area contributed by atoms with E-state index in [0.29, 0.717) is 19.0 Å². The van der Waals surface area contributed by atoms with Crippen LogP contribution in [0.5, 0.6) is 0 Å². The van der Waals surface area contributed by atoms with Crippen LogP contribution in [0.3, 0.4) is 0 Å². The van der Waals surface area contributed by atoms with Gasteiger partial charge < -0.3 is 9.84 Å². The van der Waals surface area contributed by atoms with Gasteiger partial charge in [-0.15, -0.1) is 0 Å². The van der Waals surface area contributed by atoms with Crippen LogP contribution in [-0.4, -0.2) is 48.5 Å². The van der Waals surface area contributed by atoms with Gasteiger partial charge in [0.2, 0.25) is 0 Å². The number of hydrogen-bond acceptors (Lipinski definition) is 3. The average Bonchev–Trinajstić information content (AvgIpc) is 2.52. The van der Waals surface area contributed by atoms with Crippen molar-refractivity contribution in [1.82, 2.24) is 4.90 Å². The number of β-amino-alcohol motifs (C(OH)–C–C–N with tert-alkyl or cyclic N) is 1. The first kappa shape index (κ1) is 14.9. The first-order valence-electron chi connectivity index (χ1n) is 7.97. The predicted octanol–water partition coefficient (Wildman–Crippen LogP) is 2.23. The van der Waals surface area contributed by atoms with E-state index in [2.05, 4.69) is 4.90 Å². The molecule has 1 aromatic carbocycles. The summed E-state index contributed by atoms with van der Waals surface area (Å²) in [5.74, 6) is 0.00884. The largest absolute Gasteiger partial charge is 0.391 e. The van der Waals surface area contributed by atoms with Crippen LogP contribution in [0.4, 0.5) is 4.39 Å². The van der Waals surface area contributed by atoms with Gasteiger partial charge in [-0.3, -0.25) is 4.90 Å². The van der Waals surface area contributed by atoms with Gasteiger partial charge in [0.15, 0.2) is 0 Å². The molecule has 0 aliphatic carbocycles. The summed E-state index contributed by atoms with van der Waals surface area (Å²) in [5.41, 5.74) is 0.723. The van der Waals surface area contributed by atoms with E-state index in [1.165, 1.54) is 6.07 Å². The van der Waals surface area contributed by atoms with Crippen molar-refractivity contribution in [2.24, 2.45) is 5.92 Å². The number of aliphatic hydroxyl groups excluding tert-OH is 1. The minimum Gasteiger partial charge on any atom is -0.391 e. The second-order valence-electron chi connectivity index (χ2n) is 6.25. The van der Waals surface area contributed by atoms with Crippen LogP contribution in [0, 0.1) is 11.7 Å². The van der Waals surface area contributed by atoms with Crippen LogP contribution < -0.4 is 0 Å². The number of ether oxygens (including phenoxy) is 1. The summed E-state index contributed by atoms with van der Waals surface area (Å²) in [4.78, 5) is 2.39. The molecule has 0 aromatic heterocycles. The number of nitrogens with zero attached hydrogens (tertiary/aromatic N) is 1. The fraction of sp³-hybridized carbons (Fsp3) is 0.647. The molecule has 3 nitrogen and oxygen atoms in total. The van der Waals surface area contributed by atoms with E-state index in [-0.39, 0.29) is 17.8 Å². The van der Waals surface area contributed by atoms with Crippen molar-refractivity contribution >= 4 is 0 Å². The van der Waals surface area contributed by atoms with Gasteiger partial charge in [0.1, 0.15) is 5.82 Å². The summed E-state index contributed by atoms with van der Waals surface area (Å²) in [6, 6.07) is 7.44. The van der Waals surface area contributed by atoms with Gasteiger partial charge in [-0.2, -0.15) is 0 Å². The topological polar surface area (TPSA) is 32.7 Å². The summed E-state index contributed by atoms with van der Waals surface area (Å²) in [6.45, 7) is 3.37. The molecule has 4 heteroatoms. The molecule has 0 unspecified atom stereocenters. The van der Waals surface area contributed by atoms with Gasteiger partial charge in [0.05, 0.1) is 6.10 Å². The van der Waals surface area contributed by atoms with Crippen molar-refractivity contribution < 1.29 is 14.2 Å². The van der Waals surface area contributed by atoms with E-state index >= 15 is 0 Å². The number of halogens is 1. The number of benzene rings is 1. The monoisotopic (exact) mass is 293 g/mol. The molecule has 0 saturated carbocycles. The molecule has 3 rings (SSSR count). The third-order valence-electron chi connectivity index (χ3n) is 4.90. The molecule has 2 heterocycles. The Morgan fingerprint density at radius 2 is 1.95 bits per heavy atom. The molecule has 1 aromatic rings. The van der Waals surface area contributed by atoms with Crippen molar-refractivity contribution in [1.29, 1.82) is 0 Å². The Labute approximate surface area is 125 Å². The number of hydrogen-bond donors (Lipinski definition) is 1. The van der Waals surface area contributed by atoms with E-state index in [9.17, 15) is 9.50 Å². The average molecular weight is 293 g/mol. The van der Waals surface area contributed by atoms with Gasteiger partial charge >= 0.3 is 0 Å². The van der Waals surface area contributed by atoms with Crippen molar-refractivity contribution in [3.63, 3.8) is 0 Å². The highest BCUT2D eigenvalue weighted by molar-refractivity contribution is 5.18. The molecule has 0 radical (unpaired) electrons. The second kappa shape index (κ2) is 6.86. The number of piperidine rings is 1. The molecule has 2 saturated heterocycles. The van der Waals surface area contributed by atoms with Gasteiger partial charge in [0, 0.05) is 25.8 Å². The molecule has 0 spiro atoms. The fourth-order valence-corrected chi connectivity index (χ4v) is 3.57. The van der Waals surface area contributed by atoms with Crippen molar-refractivity contribution in [2.45, 2.75) is 37.8 Å². The van der Waals surface area contributed by atoms with Crippen molar-refractivity contribution in [3.8, 4) is 0 Å². The van der Waals surface area contributed by atoms with Crippen molar-refractivity contribution in [2.75, 3.05) is 26.3 Å². The zero-order valence-corrected chi connectivity index (χ0v) is 12.4. The lowest BCUT2D eigenvalue weighted by Gasteiger charge is -2.41. The first-order valence-corrected chi connectivity index (χ1v) is 7.97. The Bertz CT molecular complexity index is 462. The third-order valence-corrected chi connectivity index (χ3v) is 4.90. The third kappa shape index (κ3) is 3.62. The normalized spacial score (nSPS) is 28.7. The molecule has 2 aliphatic rings. The van der Waals surface area contributed by atoms with E-state index in [0.717, 1.165) is 44.6 Å². The van der Waals surface area contributed by atoms with Gasteiger partial charge in [0.25, 0.3) is 0 Å². The lowest BCUT2D eigenvalue weighted by atomic mass is 9.86. The maximum absolute atomic E-state index is 13.7. The Balaban J connectivity index is 1.57. The standard InChI is InChI=1S/C17H24FNO2/c18-16-4-2-1-3-13(16)11-14-5-8-19(12-17(14)20)15-6-9-21-10-7-15/h1-4,14-15,17,20H,5-12H2/t14-,17+/m1/s1. The van der Waals surface area contributed by atoms with E-state index in [1.54, 1.807) is 6.07 Å². The number of rotatable bonds is 3. The van der Waals surface area contributed by atoms with Crippen LogP contribution in [-0.2, 0) is 11.2 Å². The number of aliphatic hydroxyl groups is 1. The molecule has 0 bridgehead atoms. The lowest BCUT2D eigenvalue weighted by Crippen LogP contribution is -2.50. The van der Waals surface area contributed by atoms with E-state index in [1.807, 2.05) is 12.1 Å². The predicted molar refractivity (Wildman–Crippen MR) is 79.6 cm³/mol. The highest BCUT2D eigenvalue weighted by atomic mass is 19.1. The van der Waals surface area contributed by atoms with Crippen LogP contribution in [0.2, 0.25) is 0 Å². The van der Waals surface area contributed by atoms with Crippen LogP contribution in [0.1, 0.15) is 24.8 Å². The molecule has 1 N–H and O–H groups in total. The smallest absolute Gasteiger partial charge is 0.126 e. The van der Waals surface area contributed by atoms with Gasteiger partial charge in [-0.05, 0) is 49.8 Å². The van der Waals surface area contributed by atoms with E-state index in [4.69, 9.17) is 4.74 Å². The Morgan fingerprint density at radius 3 is 2.67 bits per heavy atom. The molecule has 21 heavy (non-hydrogen) atoms. The molecule has 2 aliphatic heterocycles. The summed E-state index contributed by atoms with van der Waals surface area (Å²) in [6.07, 6.45) is 3.33. The van der Waals surface area contributed by atoms with Crippen LogP contribution >= 0.6 is 0 Å². The van der Waals surface area contributed by atoms with Crippen LogP contribution in [0.25, 0.3) is 0 Å². The van der Waals surface area contributed by atoms with Crippen molar-refractivity contribution in [3.05, 3.63) is 35.6 Å². The Hall–Kier alpha value is -0.970. The number of likely N-dealkylation sites (tertiary alicyclic amines) is 1. The SMILES string of the molecule is O[C@H]1CN(C2CCOCC2)CC[C@@H]1Cc1ccccc1F. The fourth-order valence-electron chi connectivity index (χ4n) is 3.57. The van der Waals surface area contributed by atoms with Gasteiger partial charge in [-0.1, -0.05) is 18.2 Å². The highest BCUT2D eigenvalue weighted by Gasteiger charge is 2.32.